The summed E-state index contributed by atoms with van der Waals surface area (Å²) in [6, 6.07) is 3.03. The lowest BCUT2D eigenvalue weighted by Gasteiger charge is -2.19. The van der Waals surface area contributed by atoms with Crippen molar-refractivity contribution in [2.75, 3.05) is 13.2 Å². The summed E-state index contributed by atoms with van der Waals surface area (Å²) in [6.45, 7) is 0.895. The van der Waals surface area contributed by atoms with Crippen molar-refractivity contribution < 1.29 is 14.3 Å². The summed E-state index contributed by atoms with van der Waals surface area (Å²) >= 11 is 5.92. The zero-order valence-electron chi connectivity index (χ0n) is 7.75. The lowest BCUT2D eigenvalue weighted by molar-refractivity contribution is 0.0952. The van der Waals surface area contributed by atoms with Gasteiger partial charge in [-0.1, -0.05) is 11.6 Å². The lowest BCUT2D eigenvalue weighted by Crippen LogP contribution is -2.30. The number of nitrogens with one attached hydrogen (secondary N) is 1. The smallest absolute Gasteiger partial charge is 0.265 e. The van der Waals surface area contributed by atoms with Crippen LogP contribution in [0.2, 0.25) is 5.02 Å². The molecule has 2 rings (SSSR count). The van der Waals surface area contributed by atoms with Crippen molar-refractivity contribution in [3.05, 3.63) is 22.7 Å². The fourth-order valence-electron chi connectivity index (χ4n) is 1.33. The van der Waals surface area contributed by atoms with Crippen LogP contribution in [0, 0.1) is 0 Å². The summed E-state index contributed by atoms with van der Waals surface area (Å²) in [6.07, 6.45) is 0. The first kappa shape index (κ1) is 10.1. The van der Waals surface area contributed by atoms with E-state index in [0.717, 1.165) is 0 Å². The number of fused-ring (bicyclic) bond motifs is 1. The van der Waals surface area contributed by atoms with Crippen LogP contribution in [-0.4, -0.2) is 19.1 Å². The molecular formula is C9H9ClN2O3. The molecule has 1 aromatic rings. The highest BCUT2D eigenvalue weighted by Crippen LogP contribution is 2.38. The average Bonchev–Trinajstić information content (AvgIpc) is 2.28. The van der Waals surface area contributed by atoms with Crippen molar-refractivity contribution >= 4 is 17.5 Å². The molecule has 1 aromatic carbocycles. The minimum Gasteiger partial charge on any atom is -0.486 e. The number of nitrogens with two attached hydrogens (primary N) is 1. The molecule has 15 heavy (non-hydrogen) atoms. The highest BCUT2D eigenvalue weighted by atomic mass is 35.5. The number of hydrogen-bond acceptors (Lipinski definition) is 4. The third kappa shape index (κ3) is 1.84. The number of carbonyl (C=O) groups is 1. The molecule has 6 heteroatoms. The van der Waals surface area contributed by atoms with Crippen molar-refractivity contribution in [3.8, 4) is 11.5 Å². The van der Waals surface area contributed by atoms with Crippen LogP contribution in [0.4, 0.5) is 0 Å². The summed E-state index contributed by atoms with van der Waals surface area (Å²) in [4.78, 5) is 11.3. The molecular weight excluding hydrogens is 220 g/mol. The van der Waals surface area contributed by atoms with E-state index in [9.17, 15) is 4.79 Å². The van der Waals surface area contributed by atoms with Crippen molar-refractivity contribution in [1.82, 2.24) is 5.43 Å². The van der Waals surface area contributed by atoms with Gasteiger partial charge in [0.2, 0.25) is 0 Å². The average molecular weight is 229 g/mol. The van der Waals surface area contributed by atoms with Crippen LogP contribution in [0.1, 0.15) is 10.4 Å². The highest BCUT2D eigenvalue weighted by molar-refractivity contribution is 6.32. The van der Waals surface area contributed by atoms with Crippen LogP contribution in [0.15, 0.2) is 12.1 Å². The molecule has 0 saturated heterocycles. The normalized spacial score (nSPS) is 13.5. The number of carbonyl (C=O) groups excluding carboxylic acids is 1. The maximum absolute atomic E-state index is 11.3. The Morgan fingerprint density at radius 2 is 2.13 bits per heavy atom. The van der Waals surface area contributed by atoms with Gasteiger partial charge in [-0.25, -0.2) is 5.84 Å². The first-order valence-electron chi connectivity index (χ1n) is 4.32. The van der Waals surface area contributed by atoms with E-state index < -0.39 is 5.91 Å². The zero-order valence-corrected chi connectivity index (χ0v) is 8.50. The van der Waals surface area contributed by atoms with Crippen LogP contribution >= 0.6 is 11.6 Å². The monoisotopic (exact) mass is 228 g/mol. The number of halogens is 1. The van der Waals surface area contributed by atoms with Gasteiger partial charge < -0.3 is 9.47 Å². The van der Waals surface area contributed by atoms with Crippen LogP contribution in [0.3, 0.4) is 0 Å². The van der Waals surface area contributed by atoms with Gasteiger partial charge in [-0.3, -0.25) is 10.2 Å². The number of ether oxygens (including phenoxy) is 2. The van der Waals surface area contributed by atoms with Gasteiger partial charge in [0.25, 0.3) is 5.91 Å². The summed E-state index contributed by atoms with van der Waals surface area (Å²) < 4.78 is 10.6. The number of amides is 1. The Bertz CT molecular complexity index is 409. The minimum atomic E-state index is -0.422. The molecule has 0 fully saturated rings. The van der Waals surface area contributed by atoms with Gasteiger partial charge in [0.15, 0.2) is 11.5 Å². The van der Waals surface area contributed by atoms with E-state index in [1.807, 2.05) is 5.43 Å². The third-order valence-corrected chi connectivity index (χ3v) is 2.27. The second-order valence-electron chi connectivity index (χ2n) is 2.96. The molecule has 3 N–H and O–H groups in total. The van der Waals surface area contributed by atoms with Crippen molar-refractivity contribution in [3.63, 3.8) is 0 Å². The van der Waals surface area contributed by atoms with Gasteiger partial charge >= 0.3 is 0 Å². The molecule has 0 spiro atoms. The zero-order chi connectivity index (χ0) is 10.8. The standard InChI is InChI=1S/C9H9ClN2O3/c10-6-3-5(9(13)12-11)4-7-8(6)15-2-1-14-7/h3-4H,1-2,11H2,(H,12,13). The largest absolute Gasteiger partial charge is 0.486 e. The van der Waals surface area contributed by atoms with Crippen molar-refractivity contribution in [2.45, 2.75) is 0 Å². The van der Waals surface area contributed by atoms with Crippen LogP contribution in [-0.2, 0) is 0 Å². The number of hydrazine groups is 1. The Morgan fingerprint density at radius 3 is 2.87 bits per heavy atom. The maximum atomic E-state index is 11.3. The summed E-state index contributed by atoms with van der Waals surface area (Å²) in [5.74, 6) is 5.53. The molecule has 1 aliphatic heterocycles. The Hall–Kier alpha value is -1.46. The predicted molar refractivity (Wildman–Crippen MR) is 54.1 cm³/mol. The minimum absolute atomic E-state index is 0.339. The molecule has 5 nitrogen and oxygen atoms in total. The van der Waals surface area contributed by atoms with Gasteiger partial charge in [-0.05, 0) is 12.1 Å². The second kappa shape index (κ2) is 3.96. The van der Waals surface area contributed by atoms with E-state index in [0.29, 0.717) is 35.3 Å². The Morgan fingerprint density at radius 1 is 1.40 bits per heavy atom. The molecule has 0 aromatic heterocycles. The first-order valence-corrected chi connectivity index (χ1v) is 4.70. The molecule has 1 amide bonds. The van der Waals surface area contributed by atoms with Gasteiger partial charge in [0.05, 0.1) is 5.02 Å². The van der Waals surface area contributed by atoms with Crippen molar-refractivity contribution in [2.24, 2.45) is 5.84 Å². The number of hydrogen-bond donors (Lipinski definition) is 2. The summed E-state index contributed by atoms with van der Waals surface area (Å²) in [5.41, 5.74) is 2.36. The SMILES string of the molecule is NNC(=O)c1cc(Cl)c2c(c1)OCCO2. The number of benzene rings is 1. The summed E-state index contributed by atoms with van der Waals surface area (Å²) in [7, 11) is 0. The Balaban J connectivity index is 2.45. The number of rotatable bonds is 1. The van der Waals surface area contributed by atoms with Crippen molar-refractivity contribution in [1.29, 1.82) is 0 Å². The summed E-state index contributed by atoms with van der Waals surface area (Å²) in [5, 5.41) is 0.339. The quantitative estimate of drug-likeness (QED) is 0.422. The molecule has 1 aliphatic rings. The molecule has 0 aliphatic carbocycles. The predicted octanol–water partition coefficient (Wildman–Crippen LogP) is 0.715. The molecule has 1 heterocycles. The molecule has 0 unspecified atom stereocenters. The van der Waals surface area contributed by atoms with Gasteiger partial charge in [-0.15, -0.1) is 0 Å². The van der Waals surface area contributed by atoms with E-state index in [4.69, 9.17) is 26.9 Å². The fraction of sp³-hybridized carbons (Fsp3) is 0.222. The molecule has 0 saturated carbocycles. The molecule has 0 radical (unpaired) electrons. The first-order chi connectivity index (χ1) is 7.22. The van der Waals surface area contributed by atoms with E-state index >= 15 is 0 Å². The molecule has 0 atom stereocenters. The Kier molecular flexibility index (Phi) is 2.66. The maximum Gasteiger partial charge on any atom is 0.265 e. The molecule has 0 bridgehead atoms. The van der Waals surface area contributed by atoms with Gasteiger partial charge in [0, 0.05) is 5.56 Å². The third-order valence-electron chi connectivity index (χ3n) is 1.99. The van der Waals surface area contributed by atoms with E-state index in [-0.39, 0.29) is 0 Å². The van der Waals surface area contributed by atoms with E-state index in [1.54, 1.807) is 6.07 Å². The van der Waals surface area contributed by atoms with E-state index in [1.165, 1.54) is 6.07 Å². The van der Waals surface area contributed by atoms with Gasteiger partial charge in [0.1, 0.15) is 13.2 Å². The Labute approximate surface area is 91.1 Å². The fourth-order valence-corrected chi connectivity index (χ4v) is 1.59. The molecule has 80 valence electrons. The van der Waals surface area contributed by atoms with Gasteiger partial charge in [-0.2, -0.15) is 0 Å². The number of nitrogen functional groups attached to an aromatic ring is 1. The van der Waals surface area contributed by atoms with Crippen LogP contribution < -0.4 is 20.7 Å². The topological polar surface area (TPSA) is 73.6 Å². The van der Waals surface area contributed by atoms with Crippen LogP contribution in [0.25, 0.3) is 0 Å². The lowest BCUT2D eigenvalue weighted by atomic mass is 10.2. The van der Waals surface area contributed by atoms with Crippen LogP contribution in [0.5, 0.6) is 11.5 Å². The highest BCUT2D eigenvalue weighted by Gasteiger charge is 2.18. The second-order valence-corrected chi connectivity index (χ2v) is 3.36. The van der Waals surface area contributed by atoms with E-state index in [2.05, 4.69) is 0 Å².